The molecule has 5 nitrogen and oxygen atoms in total. The van der Waals surface area contributed by atoms with Crippen molar-refractivity contribution in [1.29, 1.82) is 0 Å². The molecule has 3 rings (SSSR count). The van der Waals surface area contributed by atoms with Gasteiger partial charge in [-0.05, 0) is 32.4 Å². The maximum absolute atomic E-state index is 12.2. The summed E-state index contributed by atoms with van der Waals surface area (Å²) in [6.45, 7) is 7.46. The van der Waals surface area contributed by atoms with Crippen LogP contribution >= 0.6 is 0 Å². The van der Waals surface area contributed by atoms with Gasteiger partial charge in [0.25, 0.3) is 0 Å². The molecule has 2 aliphatic rings. The van der Waals surface area contributed by atoms with E-state index < -0.39 is 0 Å². The summed E-state index contributed by atoms with van der Waals surface area (Å²) >= 11 is 0. The van der Waals surface area contributed by atoms with E-state index in [2.05, 4.69) is 24.8 Å². The molecule has 0 atom stereocenters. The van der Waals surface area contributed by atoms with Crippen LogP contribution in [0.15, 0.2) is 18.2 Å². The molecule has 1 aromatic rings. The van der Waals surface area contributed by atoms with Crippen LogP contribution in [0.5, 0.6) is 0 Å². The fraction of sp³-hybridized carbons (Fsp3) is 0.562. The Balaban J connectivity index is 2.02. The largest absolute Gasteiger partial charge is 0.452 e. The lowest BCUT2D eigenvalue weighted by atomic mass is 9.98. The molecule has 0 aromatic heterocycles. The highest BCUT2D eigenvalue weighted by Gasteiger charge is 2.42. The second kappa shape index (κ2) is 5.22. The van der Waals surface area contributed by atoms with Crippen LogP contribution in [0, 0.1) is 0 Å². The van der Waals surface area contributed by atoms with Crippen molar-refractivity contribution >= 4 is 17.5 Å². The lowest BCUT2D eigenvalue weighted by molar-refractivity contribution is 0.122. The molecular formula is C16H22N2O3. The molecule has 1 fully saturated rings. The zero-order valence-corrected chi connectivity index (χ0v) is 12.9. The number of methoxy groups -OCH3 is 1. The molecule has 2 aliphatic heterocycles. The Morgan fingerprint density at radius 1 is 1.24 bits per heavy atom. The number of ether oxygens (including phenoxy) is 2. The number of benzene rings is 1. The highest BCUT2D eigenvalue weighted by atomic mass is 16.5. The number of carbonyl (C=O) groups excluding carboxylic acids is 1. The van der Waals surface area contributed by atoms with E-state index in [1.54, 1.807) is 4.90 Å². The highest BCUT2D eigenvalue weighted by molar-refractivity contribution is 5.94. The van der Waals surface area contributed by atoms with E-state index in [1.165, 1.54) is 18.4 Å². The monoisotopic (exact) mass is 290 g/mol. The molecule has 0 radical (unpaired) electrons. The second-order valence-corrected chi connectivity index (χ2v) is 6.17. The van der Waals surface area contributed by atoms with Crippen molar-refractivity contribution in [3.63, 3.8) is 0 Å². The van der Waals surface area contributed by atoms with Crippen molar-refractivity contribution in [2.24, 2.45) is 0 Å². The molecular weight excluding hydrogens is 268 g/mol. The fourth-order valence-corrected chi connectivity index (χ4v) is 3.33. The van der Waals surface area contributed by atoms with E-state index in [0.29, 0.717) is 0 Å². The van der Waals surface area contributed by atoms with Crippen LogP contribution in [-0.4, -0.2) is 45.0 Å². The summed E-state index contributed by atoms with van der Waals surface area (Å²) in [6, 6.07) is 6.16. The van der Waals surface area contributed by atoms with E-state index in [1.807, 2.05) is 12.1 Å². The summed E-state index contributed by atoms with van der Waals surface area (Å²) in [6.07, 6.45) is 0.545. The molecule has 0 aliphatic carbocycles. The number of hydrogen-bond acceptors (Lipinski definition) is 4. The van der Waals surface area contributed by atoms with Crippen molar-refractivity contribution in [2.75, 3.05) is 43.2 Å². The molecule has 5 heteroatoms. The fourth-order valence-electron chi connectivity index (χ4n) is 3.33. The Morgan fingerprint density at radius 2 is 1.90 bits per heavy atom. The van der Waals surface area contributed by atoms with E-state index >= 15 is 0 Å². The zero-order chi connectivity index (χ0) is 15.0. The quantitative estimate of drug-likeness (QED) is 0.796. The van der Waals surface area contributed by atoms with Crippen LogP contribution in [0.1, 0.15) is 19.4 Å². The molecule has 1 amide bonds. The number of anilines is 2. The van der Waals surface area contributed by atoms with Gasteiger partial charge in [0.1, 0.15) is 0 Å². The van der Waals surface area contributed by atoms with Gasteiger partial charge < -0.3 is 14.4 Å². The number of hydrogen-bond donors (Lipinski definition) is 0. The molecule has 1 aromatic carbocycles. The van der Waals surface area contributed by atoms with Gasteiger partial charge in [-0.1, -0.05) is 6.07 Å². The summed E-state index contributed by atoms with van der Waals surface area (Å²) in [7, 11) is 1.43. The number of rotatable bonds is 1. The smallest absolute Gasteiger partial charge is 0.414 e. The van der Waals surface area contributed by atoms with Crippen molar-refractivity contribution in [3.8, 4) is 0 Å². The standard InChI is InChI=1S/C16H22N2O3/c1-16(2)11-12-13(17-7-9-21-10-8-17)5-4-6-14(12)18(16)15(19)20-3/h4-6H,7-11H2,1-3H3. The number of nitrogens with zero attached hydrogens (tertiary/aromatic N) is 2. The van der Waals surface area contributed by atoms with Crippen molar-refractivity contribution in [2.45, 2.75) is 25.8 Å². The first-order chi connectivity index (χ1) is 10.0. The molecule has 0 spiro atoms. The van der Waals surface area contributed by atoms with Gasteiger partial charge in [0, 0.05) is 29.9 Å². The zero-order valence-electron chi connectivity index (χ0n) is 12.9. The Hall–Kier alpha value is -1.75. The second-order valence-electron chi connectivity index (χ2n) is 6.17. The minimum Gasteiger partial charge on any atom is -0.452 e. The van der Waals surface area contributed by atoms with Crippen LogP contribution in [0.2, 0.25) is 0 Å². The Morgan fingerprint density at radius 3 is 2.57 bits per heavy atom. The molecule has 0 N–H and O–H groups in total. The summed E-state index contributed by atoms with van der Waals surface area (Å²) in [5, 5.41) is 0. The van der Waals surface area contributed by atoms with Crippen LogP contribution in [0.4, 0.5) is 16.2 Å². The highest BCUT2D eigenvalue weighted by Crippen LogP contribution is 2.43. The predicted octanol–water partition coefficient (Wildman–Crippen LogP) is 2.43. The van der Waals surface area contributed by atoms with Gasteiger partial charge in [-0.25, -0.2) is 4.79 Å². The first-order valence-electron chi connectivity index (χ1n) is 7.37. The predicted molar refractivity (Wildman–Crippen MR) is 82.1 cm³/mol. The van der Waals surface area contributed by atoms with Crippen LogP contribution in [0.25, 0.3) is 0 Å². The Kier molecular flexibility index (Phi) is 3.53. The normalized spacial score (nSPS) is 20.3. The minimum atomic E-state index is -0.294. The summed E-state index contributed by atoms with van der Waals surface area (Å²) < 4.78 is 10.4. The minimum absolute atomic E-state index is 0.266. The van der Waals surface area contributed by atoms with Crippen molar-refractivity contribution in [1.82, 2.24) is 0 Å². The first-order valence-corrected chi connectivity index (χ1v) is 7.37. The third kappa shape index (κ3) is 2.35. The van der Waals surface area contributed by atoms with Gasteiger partial charge in [-0.2, -0.15) is 0 Å². The summed E-state index contributed by atoms with van der Waals surface area (Å²) in [5.41, 5.74) is 3.15. The van der Waals surface area contributed by atoms with Gasteiger partial charge in [0.05, 0.1) is 26.0 Å². The molecule has 114 valence electrons. The van der Waals surface area contributed by atoms with Gasteiger partial charge in [0.15, 0.2) is 0 Å². The summed E-state index contributed by atoms with van der Waals surface area (Å²) in [4.78, 5) is 16.3. The summed E-state index contributed by atoms with van der Waals surface area (Å²) in [5.74, 6) is 0. The number of amides is 1. The lowest BCUT2D eigenvalue weighted by Crippen LogP contribution is -2.45. The van der Waals surface area contributed by atoms with Crippen LogP contribution in [-0.2, 0) is 15.9 Å². The lowest BCUT2D eigenvalue weighted by Gasteiger charge is -2.30. The molecule has 0 saturated carbocycles. The van der Waals surface area contributed by atoms with E-state index in [-0.39, 0.29) is 11.6 Å². The van der Waals surface area contributed by atoms with E-state index in [9.17, 15) is 4.79 Å². The van der Waals surface area contributed by atoms with Crippen molar-refractivity contribution < 1.29 is 14.3 Å². The number of carbonyl (C=O) groups is 1. The molecule has 0 unspecified atom stereocenters. The number of morpholine rings is 1. The SMILES string of the molecule is COC(=O)N1c2cccc(N3CCOCC3)c2CC1(C)C. The Bertz CT molecular complexity index is 550. The number of fused-ring (bicyclic) bond motifs is 1. The first kappa shape index (κ1) is 14.2. The molecule has 21 heavy (non-hydrogen) atoms. The third-order valence-corrected chi connectivity index (χ3v) is 4.29. The maximum Gasteiger partial charge on any atom is 0.414 e. The van der Waals surface area contributed by atoms with Crippen LogP contribution in [0.3, 0.4) is 0 Å². The topological polar surface area (TPSA) is 42.0 Å². The third-order valence-electron chi connectivity index (χ3n) is 4.29. The van der Waals surface area contributed by atoms with Gasteiger partial charge in [-0.3, -0.25) is 4.90 Å². The average molecular weight is 290 g/mol. The van der Waals surface area contributed by atoms with E-state index in [4.69, 9.17) is 9.47 Å². The molecule has 2 heterocycles. The van der Waals surface area contributed by atoms with Gasteiger partial charge >= 0.3 is 6.09 Å². The van der Waals surface area contributed by atoms with Gasteiger partial charge in [0.2, 0.25) is 0 Å². The van der Waals surface area contributed by atoms with Crippen molar-refractivity contribution in [3.05, 3.63) is 23.8 Å². The maximum atomic E-state index is 12.2. The van der Waals surface area contributed by atoms with Gasteiger partial charge in [-0.15, -0.1) is 0 Å². The van der Waals surface area contributed by atoms with E-state index in [0.717, 1.165) is 38.4 Å². The molecule has 1 saturated heterocycles. The van der Waals surface area contributed by atoms with Crippen LogP contribution < -0.4 is 9.80 Å². The average Bonchev–Trinajstić information content (AvgIpc) is 2.77. The Labute approximate surface area is 125 Å². The molecule has 0 bridgehead atoms.